The number of benzene rings is 2. The van der Waals surface area contributed by atoms with Crippen LogP contribution in [0.3, 0.4) is 0 Å². The molecule has 8 nitrogen and oxygen atoms in total. The van der Waals surface area contributed by atoms with E-state index in [0.29, 0.717) is 30.3 Å². The summed E-state index contributed by atoms with van der Waals surface area (Å²) < 4.78 is 11.1. The SMILES string of the molecule is CCCCCOc1ccccc1NC(=O)OCCCN1CCCCCC1.O=C(O)Nc1ccccc1. The Kier molecular flexibility index (Phi) is 14.5. The highest BCUT2D eigenvalue weighted by molar-refractivity contribution is 5.86. The molecule has 1 aliphatic rings. The van der Waals surface area contributed by atoms with Crippen LogP contribution in [-0.4, -0.2) is 55.0 Å². The van der Waals surface area contributed by atoms with Crippen LogP contribution in [0.5, 0.6) is 5.75 Å². The third kappa shape index (κ3) is 13.0. The van der Waals surface area contributed by atoms with Crippen LogP contribution in [0.4, 0.5) is 21.0 Å². The van der Waals surface area contributed by atoms with Gasteiger partial charge in [-0.05, 0) is 63.0 Å². The van der Waals surface area contributed by atoms with Crippen molar-refractivity contribution in [1.29, 1.82) is 0 Å². The quantitative estimate of drug-likeness (QED) is 0.293. The van der Waals surface area contributed by atoms with E-state index in [9.17, 15) is 9.59 Å². The number of carbonyl (C=O) groups excluding carboxylic acids is 1. The Bertz CT molecular complexity index is 870. The zero-order valence-electron chi connectivity index (χ0n) is 21.4. The lowest BCUT2D eigenvalue weighted by molar-refractivity contribution is 0.152. The van der Waals surface area contributed by atoms with E-state index in [1.54, 1.807) is 24.3 Å². The van der Waals surface area contributed by atoms with Gasteiger partial charge in [-0.15, -0.1) is 0 Å². The molecule has 1 aliphatic heterocycles. The van der Waals surface area contributed by atoms with Crippen molar-refractivity contribution in [2.75, 3.05) is 43.5 Å². The number of carbonyl (C=O) groups is 2. The number of amides is 2. The fraction of sp³-hybridized carbons (Fsp3) is 0.500. The van der Waals surface area contributed by atoms with Crippen LogP contribution in [0, 0.1) is 0 Å². The van der Waals surface area contributed by atoms with Gasteiger partial charge in [0.05, 0.1) is 18.9 Å². The average Bonchev–Trinajstić information content (AvgIpc) is 3.15. The lowest BCUT2D eigenvalue weighted by atomic mass is 10.2. The van der Waals surface area contributed by atoms with Gasteiger partial charge in [0.1, 0.15) is 5.75 Å². The normalized spacial score (nSPS) is 13.5. The van der Waals surface area contributed by atoms with Crippen molar-refractivity contribution >= 4 is 23.6 Å². The molecule has 0 saturated carbocycles. The van der Waals surface area contributed by atoms with Crippen molar-refractivity contribution in [3.05, 3.63) is 54.6 Å². The van der Waals surface area contributed by atoms with E-state index in [0.717, 1.165) is 32.2 Å². The highest BCUT2D eigenvalue weighted by Crippen LogP contribution is 2.24. The maximum Gasteiger partial charge on any atom is 0.411 e. The number of nitrogens with zero attached hydrogens (tertiary/aromatic N) is 1. The molecule has 1 saturated heterocycles. The topological polar surface area (TPSA) is 100 Å². The van der Waals surface area contributed by atoms with Crippen molar-refractivity contribution in [2.45, 2.75) is 58.3 Å². The number of anilines is 2. The maximum atomic E-state index is 12.0. The highest BCUT2D eigenvalue weighted by atomic mass is 16.5. The monoisotopic (exact) mass is 499 g/mol. The Labute approximate surface area is 215 Å². The van der Waals surface area contributed by atoms with Gasteiger partial charge >= 0.3 is 12.2 Å². The minimum atomic E-state index is -1.04. The van der Waals surface area contributed by atoms with Crippen LogP contribution in [0.25, 0.3) is 0 Å². The number of carboxylic acid groups (broad SMARTS) is 1. The van der Waals surface area contributed by atoms with Gasteiger partial charge in [0, 0.05) is 12.2 Å². The second-order valence-corrected chi connectivity index (χ2v) is 8.72. The summed E-state index contributed by atoms with van der Waals surface area (Å²) in [6.07, 6.45) is 8.02. The predicted molar refractivity (Wildman–Crippen MR) is 144 cm³/mol. The van der Waals surface area contributed by atoms with Crippen molar-refractivity contribution < 1.29 is 24.2 Å². The summed E-state index contributed by atoms with van der Waals surface area (Å²) in [4.78, 5) is 24.6. The lowest BCUT2D eigenvalue weighted by Crippen LogP contribution is -2.27. The van der Waals surface area contributed by atoms with Gasteiger partial charge < -0.3 is 19.5 Å². The molecular formula is C28H41N3O5. The van der Waals surface area contributed by atoms with Crippen molar-refractivity contribution in [1.82, 2.24) is 4.90 Å². The fourth-order valence-electron chi connectivity index (χ4n) is 3.83. The molecule has 3 rings (SSSR count). The van der Waals surface area contributed by atoms with Gasteiger partial charge in [0.2, 0.25) is 0 Å². The van der Waals surface area contributed by atoms with Crippen LogP contribution in [0.2, 0.25) is 0 Å². The number of para-hydroxylation sites is 3. The Balaban J connectivity index is 0.000000380. The molecule has 2 aromatic rings. The summed E-state index contributed by atoms with van der Waals surface area (Å²) >= 11 is 0. The molecular weight excluding hydrogens is 458 g/mol. The van der Waals surface area contributed by atoms with Crippen LogP contribution >= 0.6 is 0 Å². The molecule has 0 atom stereocenters. The second-order valence-electron chi connectivity index (χ2n) is 8.72. The largest absolute Gasteiger partial charge is 0.491 e. The molecule has 1 heterocycles. The summed E-state index contributed by atoms with van der Waals surface area (Å²) in [5, 5.41) is 13.3. The summed E-state index contributed by atoms with van der Waals surface area (Å²) in [6, 6.07) is 16.3. The van der Waals surface area contributed by atoms with E-state index in [1.165, 1.54) is 38.8 Å². The summed E-state index contributed by atoms with van der Waals surface area (Å²) in [5.41, 5.74) is 1.26. The van der Waals surface area contributed by atoms with Crippen molar-refractivity contribution in [2.24, 2.45) is 0 Å². The molecule has 0 spiro atoms. The Hall–Kier alpha value is -3.26. The van der Waals surface area contributed by atoms with E-state index in [4.69, 9.17) is 14.6 Å². The van der Waals surface area contributed by atoms with Crippen molar-refractivity contribution in [3.8, 4) is 5.75 Å². The molecule has 0 radical (unpaired) electrons. The molecule has 0 aliphatic carbocycles. The summed E-state index contributed by atoms with van der Waals surface area (Å²) in [6.45, 7) is 6.63. The molecule has 0 aromatic heterocycles. The van der Waals surface area contributed by atoms with E-state index in [2.05, 4.69) is 22.5 Å². The molecule has 0 unspecified atom stereocenters. The Morgan fingerprint density at radius 1 is 0.861 bits per heavy atom. The molecule has 3 N–H and O–H groups in total. The van der Waals surface area contributed by atoms with Gasteiger partial charge in [0.15, 0.2) is 0 Å². The van der Waals surface area contributed by atoms with Crippen LogP contribution in [0.15, 0.2) is 54.6 Å². The fourth-order valence-corrected chi connectivity index (χ4v) is 3.83. The predicted octanol–water partition coefficient (Wildman–Crippen LogP) is 6.85. The smallest absolute Gasteiger partial charge is 0.411 e. The second kappa shape index (κ2) is 18.1. The molecule has 0 bridgehead atoms. The number of rotatable bonds is 11. The number of nitrogens with one attached hydrogen (secondary N) is 2. The average molecular weight is 500 g/mol. The van der Waals surface area contributed by atoms with Gasteiger partial charge in [0.25, 0.3) is 0 Å². The lowest BCUT2D eigenvalue weighted by Gasteiger charge is -2.19. The van der Waals surface area contributed by atoms with Crippen molar-refractivity contribution in [3.63, 3.8) is 0 Å². The van der Waals surface area contributed by atoms with Crippen LogP contribution in [0.1, 0.15) is 58.3 Å². The third-order valence-electron chi connectivity index (χ3n) is 5.70. The number of ether oxygens (including phenoxy) is 2. The number of unbranched alkanes of at least 4 members (excludes halogenated alkanes) is 2. The first-order valence-electron chi connectivity index (χ1n) is 13.0. The first-order valence-corrected chi connectivity index (χ1v) is 13.0. The van der Waals surface area contributed by atoms with Crippen LogP contribution in [-0.2, 0) is 4.74 Å². The Morgan fingerprint density at radius 3 is 2.25 bits per heavy atom. The molecule has 198 valence electrons. The number of hydrogen-bond donors (Lipinski definition) is 3. The van der Waals surface area contributed by atoms with E-state index in [1.807, 2.05) is 30.3 Å². The third-order valence-corrected chi connectivity index (χ3v) is 5.70. The summed E-state index contributed by atoms with van der Waals surface area (Å²) in [5.74, 6) is 0.699. The van der Waals surface area contributed by atoms with E-state index < -0.39 is 12.2 Å². The minimum Gasteiger partial charge on any atom is -0.491 e. The van der Waals surface area contributed by atoms with Crippen LogP contribution < -0.4 is 15.4 Å². The first kappa shape index (κ1) is 29.0. The van der Waals surface area contributed by atoms with Gasteiger partial charge in [-0.2, -0.15) is 0 Å². The number of likely N-dealkylation sites (tertiary alicyclic amines) is 1. The Morgan fingerprint density at radius 2 is 1.56 bits per heavy atom. The summed E-state index contributed by atoms with van der Waals surface area (Å²) in [7, 11) is 0. The van der Waals surface area contributed by atoms with Gasteiger partial charge in [-0.1, -0.05) is 62.9 Å². The molecule has 8 heteroatoms. The van der Waals surface area contributed by atoms with E-state index in [-0.39, 0.29) is 0 Å². The highest BCUT2D eigenvalue weighted by Gasteiger charge is 2.10. The zero-order valence-corrected chi connectivity index (χ0v) is 21.4. The van der Waals surface area contributed by atoms with Gasteiger partial charge in [-0.3, -0.25) is 10.6 Å². The molecule has 1 fully saturated rings. The number of hydrogen-bond acceptors (Lipinski definition) is 5. The first-order chi connectivity index (χ1) is 17.6. The molecule has 2 aromatic carbocycles. The zero-order chi connectivity index (χ0) is 25.8. The minimum absolute atomic E-state index is 0.412. The van der Waals surface area contributed by atoms with Gasteiger partial charge in [-0.25, -0.2) is 9.59 Å². The standard InChI is InChI=1S/C21H34N2O3.C7H7NO2/c1-2-3-10-17-25-20-13-7-6-12-19(20)22-21(24)26-18-11-16-23-14-8-4-5-9-15-23;9-7(10)8-6-4-2-1-3-5-6/h6-7,12-13H,2-5,8-11,14-18H2,1H3,(H,22,24);1-5,8H,(H,9,10). The maximum absolute atomic E-state index is 12.0. The molecule has 2 amide bonds. The molecule has 36 heavy (non-hydrogen) atoms. The van der Waals surface area contributed by atoms with E-state index >= 15 is 0 Å².